The number of aliphatic carboxylic acids is 1. The zero-order valence-corrected chi connectivity index (χ0v) is 5.77. The summed E-state index contributed by atoms with van der Waals surface area (Å²) in [6, 6.07) is 0. The van der Waals surface area contributed by atoms with Gasteiger partial charge in [0, 0.05) is 0 Å². The summed E-state index contributed by atoms with van der Waals surface area (Å²) in [5.74, 6) is -0.817. The molecule has 0 radical (unpaired) electrons. The number of aromatic nitrogens is 3. The molecule has 0 bridgehead atoms. The summed E-state index contributed by atoms with van der Waals surface area (Å²) in [7, 11) is 0. The molecule has 0 aliphatic heterocycles. The van der Waals surface area contributed by atoms with Crippen LogP contribution < -0.4 is 0 Å². The van der Waals surface area contributed by atoms with Crippen molar-refractivity contribution in [3.05, 3.63) is 12.7 Å². The van der Waals surface area contributed by atoms with E-state index in [-0.39, 0.29) is 0 Å². The maximum absolute atomic E-state index is 10.7. The first-order chi connectivity index (χ1) is 5.26. The van der Waals surface area contributed by atoms with Gasteiger partial charge in [-0.3, -0.25) is 0 Å². The zero-order valence-electron chi connectivity index (χ0n) is 5.77. The molecule has 58 valence electrons. The van der Waals surface area contributed by atoms with Gasteiger partial charge in [0.2, 0.25) is 0 Å². The average Bonchev–Trinajstić information content (AvgIpc) is 2.61. The molecule has 1 fully saturated rings. The third-order valence-corrected chi connectivity index (χ3v) is 1.98. The van der Waals surface area contributed by atoms with Gasteiger partial charge in [-0.05, 0) is 12.8 Å². The summed E-state index contributed by atoms with van der Waals surface area (Å²) in [6.07, 6.45) is 4.11. The Morgan fingerprint density at radius 2 is 2.36 bits per heavy atom. The Bertz CT molecular complexity index is 276. The van der Waals surface area contributed by atoms with E-state index in [2.05, 4.69) is 10.1 Å². The Hall–Kier alpha value is -1.39. The maximum atomic E-state index is 10.7. The highest BCUT2D eigenvalue weighted by Crippen LogP contribution is 2.42. The highest BCUT2D eigenvalue weighted by molar-refractivity contribution is 5.79. The Balaban J connectivity index is 2.36. The molecule has 0 unspecified atom stereocenters. The van der Waals surface area contributed by atoms with Gasteiger partial charge in [0.15, 0.2) is 5.54 Å². The van der Waals surface area contributed by atoms with E-state index >= 15 is 0 Å². The molecule has 1 N–H and O–H groups in total. The van der Waals surface area contributed by atoms with Gasteiger partial charge in [-0.2, -0.15) is 5.10 Å². The molecule has 0 atom stereocenters. The van der Waals surface area contributed by atoms with Gasteiger partial charge in [-0.25, -0.2) is 14.5 Å². The van der Waals surface area contributed by atoms with E-state index in [1.54, 1.807) is 0 Å². The molecular formula is C6H7N3O2. The number of rotatable bonds is 2. The van der Waals surface area contributed by atoms with E-state index in [1.807, 2.05) is 0 Å². The monoisotopic (exact) mass is 153 g/mol. The largest absolute Gasteiger partial charge is 0.479 e. The van der Waals surface area contributed by atoms with Crippen LogP contribution in [0.5, 0.6) is 0 Å². The van der Waals surface area contributed by atoms with Crippen molar-refractivity contribution >= 4 is 5.97 Å². The maximum Gasteiger partial charge on any atom is 0.331 e. The second-order valence-electron chi connectivity index (χ2n) is 2.68. The highest BCUT2D eigenvalue weighted by Gasteiger charge is 2.53. The first-order valence-corrected chi connectivity index (χ1v) is 3.34. The van der Waals surface area contributed by atoms with Crippen LogP contribution in [0.1, 0.15) is 12.8 Å². The molecule has 2 rings (SSSR count). The molecule has 1 aliphatic carbocycles. The van der Waals surface area contributed by atoms with Gasteiger partial charge in [-0.15, -0.1) is 0 Å². The van der Waals surface area contributed by atoms with E-state index < -0.39 is 11.5 Å². The van der Waals surface area contributed by atoms with Gasteiger partial charge >= 0.3 is 5.97 Å². The van der Waals surface area contributed by atoms with Crippen LogP contribution in [0.3, 0.4) is 0 Å². The van der Waals surface area contributed by atoms with Crippen LogP contribution in [0.15, 0.2) is 12.7 Å². The van der Waals surface area contributed by atoms with Gasteiger partial charge in [0.25, 0.3) is 0 Å². The van der Waals surface area contributed by atoms with Gasteiger partial charge < -0.3 is 5.11 Å². The summed E-state index contributed by atoms with van der Waals surface area (Å²) >= 11 is 0. The molecule has 0 amide bonds. The molecule has 1 heterocycles. The van der Waals surface area contributed by atoms with Crippen molar-refractivity contribution in [3.8, 4) is 0 Å². The number of carboxylic acid groups (broad SMARTS) is 1. The predicted octanol–water partition coefficient (Wildman–Crippen LogP) is -0.148. The summed E-state index contributed by atoms with van der Waals surface area (Å²) in [6.45, 7) is 0. The Morgan fingerprint density at radius 1 is 1.64 bits per heavy atom. The van der Waals surface area contributed by atoms with Crippen LogP contribution in [0.25, 0.3) is 0 Å². The van der Waals surface area contributed by atoms with Crippen LogP contribution in [0.2, 0.25) is 0 Å². The van der Waals surface area contributed by atoms with Crippen molar-refractivity contribution < 1.29 is 9.90 Å². The van der Waals surface area contributed by atoms with E-state index in [4.69, 9.17) is 5.11 Å². The molecule has 1 aromatic rings. The Kier molecular flexibility index (Phi) is 1.04. The van der Waals surface area contributed by atoms with Crippen LogP contribution >= 0.6 is 0 Å². The SMILES string of the molecule is O=C(O)C1(n2cncn2)CC1. The van der Waals surface area contributed by atoms with Crippen LogP contribution in [0.4, 0.5) is 0 Å². The van der Waals surface area contributed by atoms with Crippen molar-refractivity contribution in [3.63, 3.8) is 0 Å². The minimum Gasteiger partial charge on any atom is -0.479 e. The van der Waals surface area contributed by atoms with Crippen molar-refractivity contribution in [2.45, 2.75) is 18.4 Å². The average molecular weight is 153 g/mol. The lowest BCUT2D eigenvalue weighted by molar-refractivity contribution is -0.142. The second kappa shape index (κ2) is 1.81. The molecular weight excluding hydrogens is 146 g/mol. The second-order valence-corrected chi connectivity index (χ2v) is 2.68. The van der Waals surface area contributed by atoms with Gasteiger partial charge in [-0.1, -0.05) is 0 Å². The summed E-state index contributed by atoms with van der Waals surface area (Å²) < 4.78 is 1.41. The van der Waals surface area contributed by atoms with E-state index in [1.165, 1.54) is 17.3 Å². The van der Waals surface area contributed by atoms with Crippen molar-refractivity contribution in [2.75, 3.05) is 0 Å². The van der Waals surface area contributed by atoms with Crippen LogP contribution in [0, 0.1) is 0 Å². The fourth-order valence-electron chi connectivity index (χ4n) is 1.09. The van der Waals surface area contributed by atoms with Gasteiger partial charge in [0.05, 0.1) is 0 Å². The first kappa shape index (κ1) is 6.33. The fourth-order valence-corrected chi connectivity index (χ4v) is 1.09. The molecule has 0 spiro atoms. The minimum atomic E-state index is -0.817. The fraction of sp³-hybridized carbons (Fsp3) is 0.500. The molecule has 1 saturated carbocycles. The quantitative estimate of drug-likeness (QED) is 0.641. The number of hydrogen-bond acceptors (Lipinski definition) is 3. The lowest BCUT2D eigenvalue weighted by Crippen LogP contribution is -2.27. The lowest BCUT2D eigenvalue weighted by atomic mass is 10.3. The summed E-state index contributed by atoms with van der Waals surface area (Å²) in [5, 5.41) is 12.6. The molecule has 0 aromatic carbocycles. The minimum absolute atomic E-state index is 0.658. The summed E-state index contributed by atoms with van der Waals surface area (Å²) in [5.41, 5.74) is -0.767. The molecule has 1 aliphatic rings. The normalized spacial score (nSPS) is 19.6. The zero-order chi connectivity index (χ0) is 7.90. The number of nitrogens with zero attached hydrogens (tertiary/aromatic N) is 3. The van der Waals surface area contributed by atoms with Gasteiger partial charge in [0.1, 0.15) is 12.7 Å². The van der Waals surface area contributed by atoms with Crippen LogP contribution in [-0.2, 0) is 10.3 Å². The lowest BCUT2D eigenvalue weighted by Gasteiger charge is -2.07. The Morgan fingerprint density at radius 3 is 2.73 bits per heavy atom. The number of hydrogen-bond donors (Lipinski definition) is 1. The van der Waals surface area contributed by atoms with Crippen molar-refractivity contribution in [1.29, 1.82) is 0 Å². The molecule has 5 nitrogen and oxygen atoms in total. The molecule has 0 saturated heterocycles. The number of carbonyl (C=O) groups is 1. The van der Waals surface area contributed by atoms with Crippen molar-refractivity contribution in [1.82, 2.24) is 14.8 Å². The van der Waals surface area contributed by atoms with Crippen LogP contribution in [-0.4, -0.2) is 25.8 Å². The third-order valence-electron chi connectivity index (χ3n) is 1.98. The topological polar surface area (TPSA) is 68.0 Å². The third kappa shape index (κ3) is 0.736. The van der Waals surface area contributed by atoms with Crippen molar-refractivity contribution in [2.24, 2.45) is 0 Å². The number of carboxylic acids is 1. The molecule has 1 aromatic heterocycles. The smallest absolute Gasteiger partial charge is 0.331 e. The first-order valence-electron chi connectivity index (χ1n) is 3.34. The van der Waals surface area contributed by atoms with E-state index in [0.717, 1.165) is 0 Å². The van der Waals surface area contributed by atoms with E-state index in [9.17, 15) is 4.79 Å². The van der Waals surface area contributed by atoms with E-state index in [0.29, 0.717) is 12.8 Å². The summed E-state index contributed by atoms with van der Waals surface area (Å²) in [4.78, 5) is 14.4. The molecule has 5 heteroatoms. The predicted molar refractivity (Wildman–Crippen MR) is 34.9 cm³/mol. The highest BCUT2D eigenvalue weighted by atomic mass is 16.4. The Labute approximate surface area is 62.7 Å². The molecule has 11 heavy (non-hydrogen) atoms. The standard InChI is InChI=1S/C6H7N3O2/c10-5(11)6(1-2-6)9-4-7-3-8-9/h3-4H,1-2H2,(H,10,11).